The molecule has 3 rings (SSSR count). The number of carbonyl (C=O) groups is 2. The number of methoxy groups -OCH3 is 1. The van der Waals surface area contributed by atoms with Gasteiger partial charge in [-0.25, -0.2) is 0 Å². The Morgan fingerprint density at radius 2 is 2.08 bits per heavy atom. The molecular weight excluding hydrogens is 308 g/mol. The normalized spacial score (nSPS) is 20.7. The number of likely N-dealkylation sites (tertiary alicyclic amines) is 2. The van der Waals surface area contributed by atoms with Gasteiger partial charge in [0.15, 0.2) is 0 Å². The molecule has 0 saturated carbocycles. The van der Waals surface area contributed by atoms with E-state index in [1.165, 1.54) is 0 Å². The molecule has 7 nitrogen and oxygen atoms in total. The van der Waals surface area contributed by atoms with Crippen molar-refractivity contribution in [2.75, 3.05) is 39.9 Å². The summed E-state index contributed by atoms with van der Waals surface area (Å²) < 4.78 is 6.74. The zero-order valence-electron chi connectivity index (χ0n) is 14.5. The molecular formula is C17H26N4O3. The fourth-order valence-electron chi connectivity index (χ4n) is 3.85. The molecule has 7 heteroatoms. The molecule has 0 bridgehead atoms. The Kier molecular flexibility index (Phi) is 4.89. The minimum absolute atomic E-state index is 0.0491. The number of amides is 2. The van der Waals surface area contributed by atoms with Crippen LogP contribution in [0.5, 0.6) is 0 Å². The largest absolute Gasteiger partial charge is 0.383 e. The van der Waals surface area contributed by atoms with Gasteiger partial charge in [0, 0.05) is 53.0 Å². The predicted octanol–water partition coefficient (Wildman–Crippen LogP) is 0.911. The maximum absolute atomic E-state index is 12.6. The summed E-state index contributed by atoms with van der Waals surface area (Å²) in [6.45, 7) is 3.53. The average Bonchev–Trinajstić information content (AvgIpc) is 3.02. The van der Waals surface area contributed by atoms with Gasteiger partial charge in [-0.15, -0.1) is 0 Å². The van der Waals surface area contributed by atoms with Gasteiger partial charge in [-0.1, -0.05) is 0 Å². The predicted molar refractivity (Wildman–Crippen MR) is 88.5 cm³/mol. The molecule has 2 aliphatic heterocycles. The lowest BCUT2D eigenvalue weighted by Crippen LogP contribution is -2.53. The monoisotopic (exact) mass is 334 g/mol. The van der Waals surface area contributed by atoms with Crippen LogP contribution in [0.3, 0.4) is 0 Å². The first-order valence-corrected chi connectivity index (χ1v) is 8.59. The second-order valence-electron chi connectivity index (χ2n) is 6.94. The third-order valence-electron chi connectivity index (χ3n) is 5.46. The van der Waals surface area contributed by atoms with Crippen molar-refractivity contribution in [1.29, 1.82) is 0 Å². The first kappa shape index (κ1) is 17.0. The molecule has 0 aromatic carbocycles. The molecule has 2 aliphatic rings. The molecule has 2 amide bonds. The Morgan fingerprint density at radius 3 is 2.71 bits per heavy atom. The first-order chi connectivity index (χ1) is 11.5. The van der Waals surface area contributed by atoms with Gasteiger partial charge in [0.1, 0.15) is 5.69 Å². The molecule has 2 fully saturated rings. The highest BCUT2D eigenvalue weighted by Gasteiger charge is 2.41. The van der Waals surface area contributed by atoms with Crippen LogP contribution < -0.4 is 0 Å². The third-order valence-corrected chi connectivity index (χ3v) is 5.46. The maximum atomic E-state index is 12.6. The van der Waals surface area contributed by atoms with Crippen LogP contribution in [0, 0.1) is 5.41 Å². The van der Waals surface area contributed by atoms with Crippen molar-refractivity contribution < 1.29 is 14.3 Å². The number of aromatic nitrogens is 2. The molecule has 0 N–H and O–H groups in total. The lowest BCUT2D eigenvalue weighted by atomic mass is 9.72. The van der Waals surface area contributed by atoms with Crippen molar-refractivity contribution >= 4 is 11.8 Å². The molecule has 3 heterocycles. The van der Waals surface area contributed by atoms with E-state index in [4.69, 9.17) is 4.74 Å². The minimum Gasteiger partial charge on any atom is -0.383 e. The zero-order chi connectivity index (χ0) is 17.2. The summed E-state index contributed by atoms with van der Waals surface area (Å²) in [5.41, 5.74) is 0.789. The van der Waals surface area contributed by atoms with Crippen molar-refractivity contribution in [3.63, 3.8) is 0 Å². The van der Waals surface area contributed by atoms with Gasteiger partial charge in [-0.05, 0) is 30.7 Å². The number of aryl methyl sites for hydroxylation is 1. The second-order valence-corrected chi connectivity index (χ2v) is 6.94. The third kappa shape index (κ3) is 3.31. The molecule has 1 aromatic heterocycles. The van der Waals surface area contributed by atoms with Crippen molar-refractivity contribution in [3.8, 4) is 0 Å². The summed E-state index contributed by atoms with van der Waals surface area (Å²) in [6.07, 6.45) is 5.10. The number of nitrogens with zero attached hydrogens (tertiary/aromatic N) is 4. The average molecular weight is 334 g/mol. The Bertz CT molecular complexity index is 605. The Hall–Kier alpha value is -1.89. The molecule has 0 radical (unpaired) electrons. The summed E-state index contributed by atoms with van der Waals surface area (Å²) in [5.74, 6) is 0.277. The Balaban J connectivity index is 1.60. The molecule has 0 aliphatic carbocycles. The highest BCUT2D eigenvalue weighted by atomic mass is 16.5. The number of hydrogen-bond acceptors (Lipinski definition) is 4. The van der Waals surface area contributed by atoms with E-state index < -0.39 is 0 Å². The highest BCUT2D eigenvalue weighted by Crippen LogP contribution is 2.40. The van der Waals surface area contributed by atoms with Gasteiger partial charge in [0.05, 0.1) is 6.61 Å². The second kappa shape index (κ2) is 6.93. The zero-order valence-corrected chi connectivity index (χ0v) is 14.5. The van der Waals surface area contributed by atoms with Crippen LogP contribution >= 0.6 is 0 Å². The molecule has 1 spiro atoms. The maximum Gasteiger partial charge on any atom is 0.272 e. The highest BCUT2D eigenvalue weighted by molar-refractivity contribution is 5.92. The fraction of sp³-hybridized carbons (Fsp3) is 0.706. The molecule has 2 saturated heterocycles. The molecule has 132 valence electrons. The summed E-state index contributed by atoms with van der Waals surface area (Å²) in [7, 11) is 3.45. The van der Waals surface area contributed by atoms with E-state index in [1.54, 1.807) is 31.1 Å². The van der Waals surface area contributed by atoms with Crippen molar-refractivity contribution in [3.05, 3.63) is 18.0 Å². The summed E-state index contributed by atoms with van der Waals surface area (Å²) in [5, 5.41) is 4.08. The number of piperidine rings is 2. The van der Waals surface area contributed by atoms with Gasteiger partial charge in [0.2, 0.25) is 5.91 Å². The van der Waals surface area contributed by atoms with Crippen LogP contribution in [0.1, 0.15) is 36.2 Å². The molecule has 1 aromatic rings. The van der Waals surface area contributed by atoms with Gasteiger partial charge < -0.3 is 14.5 Å². The van der Waals surface area contributed by atoms with Crippen LogP contribution in [0.25, 0.3) is 0 Å². The number of carbonyl (C=O) groups excluding carboxylic acids is 2. The minimum atomic E-state index is 0.0491. The smallest absolute Gasteiger partial charge is 0.272 e. The number of rotatable bonds is 4. The lowest BCUT2D eigenvalue weighted by molar-refractivity contribution is -0.139. The summed E-state index contributed by atoms with van der Waals surface area (Å²) in [4.78, 5) is 28.5. The number of hydrogen-bond donors (Lipinski definition) is 0. The number of ether oxygens (including phenoxy) is 1. The van der Waals surface area contributed by atoms with E-state index >= 15 is 0 Å². The van der Waals surface area contributed by atoms with Crippen molar-refractivity contribution in [2.45, 2.75) is 25.7 Å². The summed E-state index contributed by atoms with van der Waals surface area (Å²) in [6, 6.07) is 1.76. The summed E-state index contributed by atoms with van der Waals surface area (Å²) >= 11 is 0. The van der Waals surface area contributed by atoms with E-state index in [0.717, 1.165) is 38.9 Å². The molecule has 0 atom stereocenters. The van der Waals surface area contributed by atoms with E-state index in [1.807, 2.05) is 9.80 Å². The van der Waals surface area contributed by atoms with Crippen LogP contribution in [0.15, 0.2) is 12.3 Å². The van der Waals surface area contributed by atoms with E-state index in [-0.39, 0.29) is 17.2 Å². The standard InChI is InChI=1S/C17H26N4O3/c1-19-14(4-8-18-19)16(23)20-9-6-17(7-10-20)5-3-15(22)21(13-17)11-12-24-2/h4,8H,3,5-7,9-13H2,1-2H3. The van der Waals surface area contributed by atoms with Crippen molar-refractivity contribution in [1.82, 2.24) is 19.6 Å². The van der Waals surface area contributed by atoms with Crippen LogP contribution in [0.2, 0.25) is 0 Å². The van der Waals surface area contributed by atoms with Gasteiger partial charge in [0.25, 0.3) is 5.91 Å². The van der Waals surface area contributed by atoms with E-state index in [2.05, 4.69) is 5.10 Å². The molecule has 24 heavy (non-hydrogen) atoms. The van der Waals surface area contributed by atoms with E-state index in [9.17, 15) is 9.59 Å². The fourth-order valence-corrected chi connectivity index (χ4v) is 3.85. The first-order valence-electron chi connectivity index (χ1n) is 8.59. The van der Waals surface area contributed by atoms with Gasteiger partial charge in [-0.2, -0.15) is 5.10 Å². The topological polar surface area (TPSA) is 67.7 Å². The van der Waals surface area contributed by atoms with Crippen LogP contribution in [0.4, 0.5) is 0 Å². The Morgan fingerprint density at radius 1 is 1.33 bits per heavy atom. The van der Waals surface area contributed by atoms with E-state index in [0.29, 0.717) is 25.3 Å². The Labute approximate surface area is 142 Å². The van der Waals surface area contributed by atoms with Crippen LogP contribution in [-0.2, 0) is 16.6 Å². The molecule has 0 unspecified atom stereocenters. The quantitative estimate of drug-likeness (QED) is 0.821. The van der Waals surface area contributed by atoms with Crippen LogP contribution in [-0.4, -0.2) is 71.3 Å². The van der Waals surface area contributed by atoms with Crippen molar-refractivity contribution in [2.24, 2.45) is 12.5 Å². The van der Waals surface area contributed by atoms with Gasteiger partial charge >= 0.3 is 0 Å². The SMILES string of the molecule is COCCN1CC2(CCC1=O)CCN(C(=O)c1ccnn1C)CC2. The van der Waals surface area contributed by atoms with Gasteiger partial charge in [-0.3, -0.25) is 14.3 Å². The lowest BCUT2D eigenvalue weighted by Gasteiger charge is -2.47.